The summed E-state index contributed by atoms with van der Waals surface area (Å²) in [5.41, 5.74) is 3.53. The minimum atomic E-state index is -2.75. The summed E-state index contributed by atoms with van der Waals surface area (Å²) in [5.74, 6) is 0.792. The molecule has 188 valence electrons. The third kappa shape index (κ3) is 8.60. The Bertz CT molecular complexity index is 843. The zero-order chi connectivity index (χ0) is 24.8. The summed E-state index contributed by atoms with van der Waals surface area (Å²) in [5, 5.41) is 9.41. The third-order valence-corrected chi connectivity index (χ3v) is 22.2. The van der Waals surface area contributed by atoms with Gasteiger partial charge in [-0.2, -0.15) is 0 Å². The van der Waals surface area contributed by atoms with Gasteiger partial charge in [0.2, 0.25) is 0 Å². The molecule has 1 aromatic heterocycles. The van der Waals surface area contributed by atoms with Crippen LogP contribution in [0, 0.1) is 0 Å². The van der Waals surface area contributed by atoms with Gasteiger partial charge in [0.15, 0.2) is 0 Å². The van der Waals surface area contributed by atoms with Gasteiger partial charge in [-0.3, -0.25) is 0 Å². The van der Waals surface area contributed by atoms with E-state index in [9.17, 15) is 5.11 Å². The van der Waals surface area contributed by atoms with Crippen LogP contribution in [0.3, 0.4) is 0 Å². The first-order valence-electron chi connectivity index (χ1n) is 13.2. The molecule has 4 nitrogen and oxygen atoms in total. The average Bonchev–Trinajstić information content (AvgIpc) is 2.86. The van der Waals surface area contributed by atoms with E-state index in [1.807, 2.05) is 6.20 Å². The quantitative estimate of drug-likeness (QED) is 0.226. The van der Waals surface area contributed by atoms with Crippen LogP contribution in [-0.4, -0.2) is 55.8 Å². The van der Waals surface area contributed by atoms with Crippen molar-refractivity contribution in [3.63, 3.8) is 0 Å². The van der Waals surface area contributed by atoms with Crippen molar-refractivity contribution in [1.29, 1.82) is 0 Å². The molecule has 0 saturated carbocycles. The Morgan fingerprint density at radius 2 is 1.44 bits per heavy atom. The van der Waals surface area contributed by atoms with Crippen molar-refractivity contribution in [1.82, 2.24) is 4.98 Å². The second kappa shape index (κ2) is 15.5. The van der Waals surface area contributed by atoms with Crippen LogP contribution in [0.4, 0.5) is 5.69 Å². The molecule has 0 saturated heterocycles. The maximum atomic E-state index is 9.41. The Labute approximate surface area is 212 Å². The summed E-state index contributed by atoms with van der Waals surface area (Å²) in [7, 11) is 4.12. The van der Waals surface area contributed by atoms with Gasteiger partial charge in [0.25, 0.3) is 0 Å². The molecular weight excluding hydrogens is 527 g/mol. The van der Waals surface area contributed by atoms with E-state index in [2.05, 4.69) is 82.3 Å². The number of unbranched alkanes of at least 4 members (excludes halogenated alkanes) is 3. The molecule has 0 fully saturated rings. The van der Waals surface area contributed by atoms with E-state index in [0.29, 0.717) is 6.61 Å². The molecule has 0 amide bonds. The number of anilines is 1. The van der Waals surface area contributed by atoms with Crippen molar-refractivity contribution in [2.75, 3.05) is 32.2 Å². The molecule has 2 aromatic rings. The van der Waals surface area contributed by atoms with Crippen LogP contribution >= 0.6 is 0 Å². The van der Waals surface area contributed by atoms with Gasteiger partial charge in [-0.15, -0.1) is 0 Å². The third-order valence-electron chi connectivity index (χ3n) is 6.68. The number of ether oxygens (including phenoxy) is 1. The molecule has 0 aliphatic heterocycles. The molecule has 1 heterocycles. The van der Waals surface area contributed by atoms with E-state index < -0.39 is 18.4 Å². The van der Waals surface area contributed by atoms with Crippen molar-refractivity contribution in [2.24, 2.45) is 0 Å². The van der Waals surface area contributed by atoms with Crippen molar-refractivity contribution in [2.45, 2.75) is 72.6 Å². The van der Waals surface area contributed by atoms with E-state index in [0.717, 1.165) is 11.4 Å². The van der Waals surface area contributed by atoms with Crippen LogP contribution in [0.15, 0.2) is 36.5 Å². The number of hydrogen-bond acceptors (Lipinski definition) is 4. The molecule has 1 aromatic carbocycles. The first kappa shape index (κ1) is 28.7. The fraction of sp³-hybridized carbons (Fsp3) is 0.552. The Morgan fingerprint density at radius 1 is 0.882 bits per heavy atom. The Kier molecular flexibility index (Phi) is 13.1. The van der Waals surface area contributed by atoms with E-state index in [4.69, 9.17) is 9.72 Å². The van der Waals surface area contributed by atoms with Crippen molar-refractivity contribution < 1.29 is 9.84 Å². The zero-order valence-corrected chi connectivity index (χ0v) is 25.0. The topological polar surface area (TPSA) is 45.6 Å². The molecule has 0 unspecified atom stereocenters. The molecule has 0 radical (unpaired) electrons. The predicted octanol–water partition coefficient (Wildman–Crippen LogP) is 6.75. The SMILES string of the molecule is CCC[CH2][Sn]([CH2]CCC)([CH2]CCC)[c]1cc(/C=C/c2ccc(N(C)C)cc2)cnc1OCCO. The second-order valence-corrected chi connectivity index (χ2v) is 22.7. The maximum absolute atomic E-state index is 9.41. The molecule has 0 aliphatic carbocycles. The van der Waals surface area contributed by atoms with E-state index in [-0.39, 0.29) is 6.61 Å². The standard InChI is InChI=1S/C17H19N2O2.3C4H9.Sn/c1-19(2)16-8-5-14(6-9-16)3-4-15-7-10-17(18-13-15)21-12-11-20;3*1-3-4-2;/h3-9,13,20H,11-12H2,1-2H3;3*1,3-4H2,2H3;/b4-3+;;;;. The monoisotopic (exact) mass is 574 g/mol. The van der Waals surface area contributed by atoms with E-state index in [1.165, 1.54) is 66.7 Å². The van der Waals surface area contributed by atoms with Crippen molar-refractivity contribution in [3.05, 3.63) is 47.7 Å². The first-order chi connectivity index (χ1) is 16.5. The molecule has 0 spiro atoms. The number of rotatable bonds is 16. The summed E-state index contributed by atoms with van der Waals surface area (Å²) in [6.45, 7) is 7.24. The van der Waals surface area contributed by atoms with Gasteiger partial charge in [-0.1, -0.05) is 0 Å². The second-order valence-electron chi connectivity index (χ2n) is 9.60. The number of aliphatic hydroxyl groups is 1. The number of pyridine rings is 1. The summed E-state index contributed by atoms with van der Waals surface area (Å²) < 4.78 is 11.6. The molecular formula is C29H46N2O2Sn. The van der Waals surface area contributed by atoms with Crippen LogP contribution in [0.1, 0.15) is 70.4 Å². The summed E-state index contributed by atoms with van der Waals surface area (Å²) >= 11 is -2.75. The molecule has 2 rings (SSSR count). The first-order valence-corrected chi connectivity index (χ1v) is 20.7. The van der Waals surface area contributed by atoms with E-state index in [1.54, 1.807) is 0 Å². The Hall–Kier alpha value is -1.53. The molecule has 5 heteroatoms. The molecule has 0 bridgehead atoms. The van der Waals surface area contributed by atoms with Crippen LogP contribution in [-0.2, 0) is 0 Å². The van der Waals surface area contributed by atoms with Gasteiger partial charge >= 0.3 is 213 Å². The number of aromatic nitrogens is 1. The number of aliphatic hydroxyl groups excluding tert-OH is 1. The van der Waals surface area contributed by atoms with Crippen molar-refractivity contribution >= 4 is 39.8 Å². The number of nitrogens with zero attached hydrogens (tertiary/aromatic N) is 2. The average molecular weight is 573 g/mol. The van der Waals surface area contributed by atoms with Gasteiger partial charge in [0.1, 0.15) is 0 Å². The summed E-state index contributed by atoms with van der Waals surface area (Å²) in [4.78, 5) is 6.93. The predicted molar refractivity (Wildman–Crippen MR) is 151 cm³/mol. The van der Waals surface area contributed by atoms with Gasteiger partial charge in [-0.05, 0) is 0 Å². The summed E-state index contributed by atoms with van der Waals surface area (Å²) in [6.07, 6.45) is 13.9. The molecule has 1 N–H and O–H groups in total. The van der Waals surface area contributed by atoms with Crippen molar-refractivity contribution in [3.8, 4) is 5.88 Å². The van der Waals surface area contributed by atoms with Gasteiger partial charge in [-0.25, -0.2) is 0 Å². The Morgan fingerprint density at radius 3 is 1.94 bits per heavy atom. The molecule has 0 atom stereocenters. The fourth-order valence-electron chi connectivity index (χ4n) is 4.60. The molecule has 0 aliphatic rings. The zero-order valence-electron chi connectivity index (χ0n) is 22.1. The summed E-state index contributed by atoms with van der Waals surface area (Å²) in [6, 6.07) is 11.0. The minimum absolute atomic E-state index is 0.0210. The number of benzene rings is 1. The van der Waals surface area contributed by atoms with Crippen LogP contribution in [0.25, 0.3) is 12.2 Å². The van der Waals surface area contributed by atoms with Crippen LogP contribution in [0.5, 0.6) is 5.88 Å². The normalized spacial score (nSPS) is 11.8. The van der Waals surface area contributed by atoms with Gasteiger partial charge in [0, 0.05) is 0 Å². The van der Waals surface area contributed by atoms with Crippen LogP contribution in [0.2, 0.25) is 13.3 Å². The fourth-order valence-corrected chi connectivity index (χ4v) is 20.9. The molecule has 34 heavy (non-hydrogen) atoms. The van der Waals surface area contributed by atoms with Gasteiger partial charge < -0.3 is 0 Å². The van der Waals surface area contributed by atoms with Gasteiger partial charge in [0.05, 0.1) is 0 Å². The van der Waals surface area contributed by atoms with Crippen LogP contribution < -0.4 is 13.2 Å². The van der Waals surface area contributed by atoms with E-state index >= 15 is 0 Å². The number of hydrogen-bond donors (Lipinski definition) is 1. The Balaban J connectivity index is 2.47.